The first-order chi connectivity index (χ1) is 18.2. The molecular formula is C27H40O12. The highest BCUT2D eigenvalue weighted by Crippen LogP contribution is 2.42. The quantitative estimate of drug-likeness (QED) is 0.186. The number of esters is 6. The second-order valence-electron chi connectivity index (χ2n) is 9.68. The lowest BCUT2D eigenvalue weighted by molar-refractivity contribution is -0.208. The van der Waals surface area contributed by atoms with Crippen molar-refractivity contribution in [2.24, 2.45) is 11.8 Å². The molecule has 0 heterocycles. The molecule has 6 atom stereocenters. The topological polar surface area (TPSA) is 158 Å². The van der Waals surface area contributed by atoms with Crippen LogP contribution in [0.1, 0.15) is 74.1 Å². The minimum absolute atomic E-state index is 0.102. The molecule has 0 aromatic rings. The van der Waals surface area contributed by atoms with Crippen LogP contribution in [-0.2, 0) is 57.2 Å². The predicted octanol–water partition coefficient (Wildman–Crippen LogP) is 2.59. The Morgan fingerprint density at radius 2 is 1.23 bits per heavy atom. The maximum Gasteiger partial charge on any atom is 0.305 e. The van der Waals surface area contributed by atoms with Crippen molar-refractivity contribution in [2.45, 2.75) is 98.6 Å². The first-order valence-electron chi connectivity index (χ1n) is 12.7. The lowest BCUT2D eigenvalue weighted by Gasteiger charge is -2.42. The third kappa shape index (κ3) is 11.5. The highest BCUT2D eigenvalue weighted by molar-refractivity contribution is 5.70. The van der Waals surface area contributed by atoms with E-state index in [9.17, 15) is 28.8 Å². The van der Waals surface area contributed by atoms with E-state index in [0.717, 1.165) is 38.8 Å². The van der Waals surface area contributed by atoms with E-state index in [1.54, 1.807) is 0 Å². The molecule has 0 saturated carbocycles. The molecule has 1 aliphatic carbocycles. The van der Waals surface area contributed by atoms with E-state index in [-0.39, 0.29) is 12.3 Å². The van der Waals surface area contributed by atoms with Gasteiger partial charge in [-0.15, -0.1) is 0 Å². The Bertz CT molecular complexity index is 952. The van der Waals surface area contributed by atoms with Gasteiger partial charge in [-0.2, -0.15) is 0 Å². The van der Waals surface area contributed by atoms with Gasteiger partial charge in [0, 0.05) is 47.0 Å². The molecule has 0 radical (unpaired) electrons. The Labute approximate surface area is 228 Å². The van der Waals surface area contributed by atoms with Crippen molar-refractivity contribution in [3.05, 3.63) is 11.1 Å². The third-order valence-electron chi connectivity index (χ3n) is 6.50. The van der Waals surface area contributed by atoms with E-state index in [1.165, 1.54) is 14.0 Å². The van der Waals surface area contributed by atoms with Crippen LogP contribution in [-0.4, -0.2) is 73.9 Å². The van der Waals surface area contributed by atoms with Gasteiger partial charge < -0.3 is 28.4 Å². The molecule has 39 heavy (non-hydrogen) atoms. The van der Waals surface area contributed by atoms with Crippen LogP contribution in [0, 0.1) is 11.8 Å². The number of allylic oxidation sites excluding steroid dienone is 2. The van der Waals surface area contributed by atoms with Gasteiger partial charge in [0.05, 0.1) is 7.11 Å². The lowest BCUT2D eigenvalue weighted by Crippen LogP contribution is -2.56. The van der Waals surface area contributed by atoms with E-state index in [1.807, 2.05) is 13.8 Å². The number of hydrogen-bond acceptors (Lipinski definition) is 12. The van der Waals surface area contributed by atoms with Crippen LogP contribution < -0.4 is 0 Å². The van der Waals surface area contributed by atoms with Gasteiger partial charge in [-0.3, -0.25) is 28.8 Å². The normalized spacial score (nSPS) is 20.0. The van der Waals surface area contributed by atoms with Crippen LogP contribution in [0.3, 0.4) is 0 Å². The minimum atomic E-state index is -1.51. The van der Waals surface area contributed by atoms with Gasteiger partial charge in [-0.25, -0.2) is 0 Å². The van der Waals surface area contributed by atoms with E-state index in [0.29, 0.717) is 19.3 Å². The summed E-state index contributed by atoms with van der Waals surface area (Å²) in [5, 5.41) is 0. The maximum atomic E-state index is 12.3. The maximum absolute atomic E-state index is 12.3. The summed E-state index contributed by atoms with van der Waals surface area (Å²) in [7, 11) is 1.29. The first-order valence-corrected chi connectivity index (χ1v) is 12.7. The highest BCUT2D eigenvalue weighted by atomic mass is 16.6. The molecular weight excluding hydrogens is 516 g/mol. The van der Waals surface area contributed by atoms with Gasteiger partial charge in [-0.05, 0) is 39.0 Å². The number of ether oxygens (including phenoxy) is 6. The lowest BCUT2D eigenvalue weighted by atomic mass is 9.70. The smallest absolute Gasteiger partial charge is 0.305 e. The summed E-state index contributed by atoms with van der Waals surface area (Å²) in [6.45, 7) is 9.03. The molecule has 0 saturated heterocycles. The number of carbonyl (C=O) groups is 6. The Morgan fingerprint density at radius 3 is 1.72 bits per heavy atom. The van der Waals surface area contributed by atoms with Crippen molar-refractivity contribution in [3.8, 4) is 0 Å². The zero-order chi connectivity index (χ0) is 29.9. The van der Waals surface area contributed by atoms with Crippen molar-refractivity contribution < 1.29 is 57.2 Å². The minimum Gasteiger partial charge on any atom is -0.469 e. The largest absolute Gasteiger partial charge is 0.469 e. The van der Waals surface area contributed by atoms with E-state index in [4.69, 9.17) is 28.4 Å². The standard InChI is InChI=1S/C27H40O12/c1-14-11-21(9-10-24(33)34-8)22(12-15(14)2)25(37-18(5)30)27(39-20(7)32)26(38-19(6)31)23(36-17(4)29)13-35-16(3)28/h21-23,25-27H,9-13H2,1-8H3/t21-,22+,23-,25+,26+,27-/m1/s1. The molecule has 0 aromatic heterocycles. The molecule has 0 amide bonds. The molecule has 0 N–H and O–H groups in total. The SMILES string of the molecule is COC(=O)CC[C@@H]1CC(C)=C(C)C[C@@H]1[C@H](OC(C)=O)[C@@H](OC(C)=O)[C@@H](OC(C)=O)[C@@H](COC(C)=O)OC(C)=O. The van der Waals surface area contributed by atoms with Crippen LogP contribution in [0.5, 0.6) is 0 Å². The van der Waals surface area contributed by atoms with Gasteiger partial charge in [-0.1, -0.05) is 11.1 Å². The average molecular weight is 557 g/mol. The van der Waals surface area contributed by atoms with Crippen LogP contribution in [0.25, 0.3) is 0 Å². The molecule has 12 nitrogen and oxygen atoms in total. The summed E-state index contributed by atoms with van der Waals surface area (Å²) in [5.74, 6) is -4.88. The molecule has 0 spiro atoms. The zero-order valence-electron chi connectivity index (χ0n) is 23.9. The van der Waals surface area contributed by atoms with E-state index in [2.05, 4.69) is 0 Å². The van der Waals surface area contributed by atoms with Gasteiger partial charge >= 0.3 is 35.8 Å². The fraction of sp³-hybridized carbons (Fsp3) is 0.704. The number of carbonyl (C=O) groups excluding carboxylic acids is 6. The number of hydrogen-bond donors (Lipinski definition) is 0. The molecule has 0 aromatic carbocycles. The third-order valence-corrected chi connectivity index (χ3v) is 6.50. The van der Waals surface area contributed by atoms with Crippen molar-refractivity contribution in [1.29, 1.82) is 0 Å². The molecule has 12 heteroatoms. The monoisotopic (exact) mass is 556 g/mol. The Balaban J connectivity index is 3.71. The molecule has 220 valence electrons. The molecule has 1 rings (SSSR count). The first kappa shape index (κ1) is 33.6. The zero-order valence-corrected chi connectivity index (χ0v) is 23.9. The van der Waals surface area contributed by atoms with Crippen LogP contribution in [0.4, 0.5) is 0 Å². The average Bonchev–Trinajstić information content (AvgIpc) is 2.82. The van der Waals surface area contributed by atoms with Crippen molar-refractivity contribution in [1.82, 2.24) is 0 Å². The molecule has 1 aliphatic rings. The Kier molecular flexibility index (Phi) is 13.6. The van der Waals surface area contributed by atoms with Crippen molar-refractivity contribution in [3.63, 3.8) is 0 Å². The summed E-state index contributed by atoms with van der Waals surface area (Å²) in [5.41, 5.74) is 2.13. The molecule has 0 fully saturated rings. The summed E-state index contributed by atoms with van der Waals surface area (Å²) in [6.07, 6.45) is -4.07. The summed E-state index contributed by atoms with van der Waals surface area (Å²) in [4.78, 5) is 72.3. The Morgan fingerprint density at radius 1 is 0.718 bits per heavy atom. The predicted molar refractivity (Wildman–Crippen MR) is 135 cm³/mol. The van der Waals surface area contributed by atoms with Crippen LogP contribution in [0.15, 0.2) is 11.1 Å². The van der Waals surface area contributed by atoms with Gasteiger partial charge in [0.15, 0.2) is 18.3 Å². The summed E-state index contributed by atoms with van der Waals surface area (Å²) >= 11 is 0. The number of rotatable bonds is 13. The molecule has 0 aliphatic heterocycles. The van der Waals surface area contributed by atoms with Crippen molar-refractivity contribution >= 4 is 35.8 Å². The summed E-state index contributed by atoms with van der Waals surface area (Å²) < 4.78 is 32.0. The molecule has 0 bridgehead atoms. The fourth-order valence-corrected chi connectivity index (χ4v) is 4.78. The van der Waals surface area contributed by atoms with Crippen molar-refractivity contribution in [2.75, 3.05) is 13.7 Å². The van der Waals surface area contributed by atoms with Gasteiger partial charge in [0.1, 0.15) is 12.7 Å². The van der Waals surface area contributed by atoms with Crippen LogP contribution in [0.2, 0.25) is 0 Å². The highest BCUT2D eigenvalue weighted by Gasteiger charge is 2.49. The van der Waals surface area contributed by atoms with E-state index >= 15 is 0 Å². The second-order valence-corrected chi connectivity index (χ2v) is 9.68. The van der Waals surface area contributed by atoms with Crippen LogP contribution >= 0.6 is 0 Å². The second kappa shape index (κ2) is 15.8. The molecule has 0 unspecified atom stereocenters. The van der Waals surface area contributed by atoms with E-state index < -0.39 is 72.8 Å². The Hall–Kier alpha value is -3.44. The fourth-order valence-electron chi connectivity index (χ4n) is 4.78. The number of methoxy groups -OCH3 is 1. The van der Waals surface area contributed by atoms with Gasteiger partial charge in [0.2, 0.25) is 0 Å². The van der Waals surface area contributed by atoms with Gasteiger partial charge in [0.25, 0.3) is 0 Å². The summed E-state index contributed by atoms with van der Waals surface area (Å²) in [6, 6.07) is 0.